The number of nitrogens with zero attached hydrogens (tertiary/aromatic N) is 3. The molecule has 0 radical (unpaired) electrons. The van der Waals surface area contributed by atoms with Crippen LogP contribution in [0.4, 0.5) is 5.82 Å². The molecule has 0 amide bonds. The predicted molar refractivity (Wildman–Crippen MR) is 121 cm³/mol. The van der Waals surface area contributed by atoms with Crippen LogP contribution in [0.1, 0.15) is 31.9 Å². The number of aromatic nitrogens is 1. The summed E-state index contributed by atoms with van der Waals surface area (Å²) in [7, 11) is 0. The van der Waals surface area contributed by atoms with E-state index in [2.05, 4.69) is 52.6 Å². The zero-order valence-corrected chi connectivity index (χ0v) is 18.2. The van der Waals surface area contributed by atoms with E-state index in [1.54, 1.807) is 0 Å². The van der Waals surface area contributed by atoms with E-state index in [1.165, 1.54) is 0 Å². The molecule has 2 N–H and O–H groups in total. The van der Waals surface area contributed by atoms with Gasteiger partial charge >= 0.3 is 0 Å². The smallest absolute Gasteiger partial charge is 0.191 e. The van der Waals surface area contributed by atoms with Crippen LogP contribution in [0.15, 0.2) is 47.6 Å². The molecular formula is C23H33N5O2. The highest BCUT2D eigenvalue weighted by atomic mass is 16.5. The van der Waals surface area contributed by atoms with Crippen LogP contribution in [0.5, 0.6) is 5.75 Å². The van der Waals surface area contributed by atoms with Gasteiger partial charge in [0, 0.05) is 37.9 Å². The highest BCUT2D eigenvalue weighted by Gasteiger charge is 2.17. The van der Waals surface area contributed by atoms with Crippen molar-refractivity contribution in [2.45, 2.75) is 40.0 Å². The standard InChI is InChI=1S/C23H33N5O2/c1-4-24-23(27-16-20-8-6-7-9-21(20)29-5-2)26-15-19-10-11-22(25-14-19)28-12-13-30-18(3)17-28/h6-11,14,18H,4-5,12-13,15-17H2,1-3H3,(H2,24,26,27). The van der Waals surface area contributed by atoms with Gasteiger partial charge in [0.25, 0.3) is 0 Å². The highest BCUT2D eigenvalue weighted by molar-refractivity contribution is 5.79. The van der Waals surface area contributed by atoms with Crippen molar-refractivity contribution in [3.63, 3.8) is 0 Å². The molecular weight excluding hydrogens is 378 g/mol. The lowest BCUT2D eigenvalue weighted by molar-refractivity contribution is 0.0529. The third-order valence-corrected chi connectivity index (χ3v) is 4.86. The second-order valence-corrected chi connectivity index (χ2v) is 7.24. The third kappa shape index (κ3) is 6.35. The maximum absolute atomic E-state index is 5.71. The number of para-hydroxylation sites is 1. The Morgan fingerprint density at radius 1 is 1.23 bits per heavy atom. The quantitative estimate of drug-likeness (QED) is 0.514. The van der Waals surface area contributed by atoms with Crippen molar-refractivity contribution in [2.24, 2.45) is 4.99 Å². The monoisotopic (exact) mass is 411 g/mol. The van der Waals surface area contributed by atoms with Gasteiger partial charge < -0.3 is 25.0 Å². The summed E-state index contributed by atoms with van der Waals surface area (Å²) in [6.07, 6.45) is 2.15. The second-order valence-electron chi connectivity index (χ2n) is 7.24. The molecule has 30 heavy (non-hydrogen) atoms. The van der Waals surface area contributed by atoms with Gasteiger partial charge in [0.15, 0.2) is 5.96 Å². The fourth-order valence-electron chi connectivity index (χ4n) is 3.36. The minimum Gasteiger partial charge on any atom is -0.494 e. The zero-order valence-electron chi connectivity index (χ0n) is 18.2. The maximum atomic E-state index is 5.71. The zero-order chi connectivity index (χ0) is 21.2. The van der Waals surface area contributed by atoms with Crippen LogP contribution in [0.2, 0.25) is 0 Å². The molecule has 7 heteroatoms. The first-order chi connectivity index (χ1) is 14.7. The number of morpholine rings is 1. The number of guanidine groups is 1. The van der Waals surface area contributed by atoms with Crippen molar-refractivity contribution in [3.05, 3.63) is 53.7 Å². The summed E-state index contributed by atoms with van der Waals surface area (Å²) in [6, 6.07) is 12.2. The molecule has 2 aromatic rings. The Balaban J connectivity index is 1.59. The Hall–Kier alpha value is -2.80. The first-order valence-corrected chi connectivity index (χ1v) is 10.7. The number of aliphatic imine (C=N–C) groups is 1. The molecule has 7 nitrogen and oxygen atoms in total. The van der Waals surface area contributed by atoms with Gasteiger partial charge in [0.05, 0.1) is 25.9 Å². The van der Waals surface area contributed by atoms with Crippen LogP contribution in [0, 0.1) is 0 Å². The van der Waals surface area contributed by atoms with Gasteiger partial charge in [-0.25, -0.2) is 9.98 Å². The van der Waals surface area contributed by atoms with Crippen LogP contribution in [0.25, 0.3) is 0 Å². The van der Waals surface area contributed by atoms with Crippen LogP contribution >= 0.6 is 0 Å². The van der Waals surface area contributed by atoms with E-state index in [0.717, 1.165) is 54.9 Å². The number of rotatable bonds is 8. The van der Waals surface area contributed by atoms with E-state index in [0.29, 0.717) is 19.7 Å². The van der Waals surface area contributed by atoms with Crippen molar-refractivity contribution in [3.8, 4) is 5.75 Å². The van der Waals surface area contributed by atoms with Crippen molar-refractivity contribution in [2.75, 3.05) is 37.7 Å². The number of ether oxygens (including phenoxy) is 2. The van der Waals surface area contributed by atoms with Crippen molar-refractivity contribution >= 4 is 11.8 Å². The third-order valence-electron chi connectivity index (χ3n) is 4.86. The molecule has 1 aliphatic rings. The summed E-state index contributed by atoms with van der Waals surface area (Å²) in [5.41, 5.74) is 2.18. The maximum Gasteiger partial charge on any atom is 0.191 e. The predicted octanol–water partition coefficient (Wildman–Crippen LogP) is 2.96. The van der Waals surface area contributed by atoms with Gasteiger partial charge in [-0.15, -0.1) is 0 Å². The summed E-state index contributed by atoms with van der Waals surface area (Å²) in [5, 5.41) is 6.69. The van der Waals surface area contributed by atoms with E-state index in [9.17, 15) is 0 Å². The largest absolute Gasteiger partial charge is 0.494 e. The van der Waals surface area contributed by atoms with Crippen molar-refractivity contribution < 1.29 is 9.47 Å². The lowest BCUT2D eigenvalue weighted by Crippen LogP contribution is -2.41. The van der Waals surface area contributed by atoms with E-state index >= 15 is 0 Å². The average molecular weight is 412 g/mol. The van der Waals surface area contributed by atoms with Gasteiger partial charge in [-0.1, -0.05) is 24.3 Å². The van der Waals surface area contributed by atoms with Crippen LogP contribution in [-0.4, -0.2) is 49.9 Å². The van der Waals surface area contributed by atoms with Gasteiger partial charge in [-0.05, 0) is 38.5 Å². The molecule has 0 spiro atoms. The SMILES string of the molecule is CCNC(=NCc1ccc(N2CCOC(C)C2)nc1)NCc1ccccc1OCC. The number of hydrogen-bond acceptors (Lipinski definition) is 5. The molecule has 0 saturated carbocycles. The number of nitrogens with one attached hydrogen (secondary N) is 2. The Morgan fingerprint density at radius 2 is 2.10 bits per heavy atom. The fourth-order valence-corrected chi connectivity index (χ4v) is 3.36. The van der Waals surface area contributed by atoms with Crippen molar-refractivity contribution in [1.82, 2.24) is 15.6 Å². The number of benzene rings is 1. The van der Waals surface area contributed by atoms with E-state index in [-0.39, 0.29) is 6.10 Å². The molecule has 1 saturated heterocycles. The molecule has 2 heterocycles. The molecule has 1 atom stereocenters. The van der Waals surface area contributed by atoms with E-state index < -0.39 is 0 Å². The first kappa shape index (κ1) is 21.9. The molecule has 1 fully saturated rings. The molecule has 0 bridgehead atoms. The molecule has 1 aromatic heterocycles. The minimum atomic E-state index is 0.242. The molecule has 0 aliphatic carbocycles. The molecule has 1 unspecified atom stereocenters. The second kappa shape index (κ2) is 11.4. The molecule has 1 aliphatic heterocycles. The van der Waals surface area contributed by atoms with Crippen LogP contribution < -0.4 is 20.3 Å². The average Bonchev–Trinajstić information content (AvgIpc) is 2.77. The normalized spacial score (nSPS) is 17.0. The van der Waals surface area contributed by atoms with E-state index in [1.807, 2.05) is 31.3 Å². The van der Waals surface area contributed by atoms with E-state index in [4.69, 9.17) is 14.5 Å². The number of pyridine rings is 1. The minimum absolute atomic E-state index is 0.242. The Kier molecular flexibility index (Phi) is 8.32. The lowest BCUT2D eigenvalue weighted by atomic mass is 10.2. The van der Waals surface area contributed by atoms with Crippen molar-refractivity contribution in [1.29, 1.82) is 0 Å². The van der Waals surface area contributed by atoms with Gasteiger partial charge in [0.1, 0.15) is 11.6 Å². The number of anilines is 1. The Labute approximate surface area is 179 Å². The van der Waals surface area contributed by atoms with Crippen LogP contribution in [-0.2, 0) is 17.8 Å². The fraction of sp³-hybridized carbons (Fsp3) is 0.478. The first-order valence-electron chi connectivity index (χ1n) is 10.7. The molecule has 3 rings (SSSR count). The summed E-state index contributed by atoms with van der Waals surface area (Å²) in [5.74, 6) is 2.67. The topological polar surface area (TPSA) is 71.0 Å². The Bertz CT molecular complexity index is 809. The van der Waals surface area contributed by atoms with Gasteiger partial charge in [-0.2, -0.15) is 0 Å². The highest BCUT2D eigenvalue weighted by Crippen LogP contribution is 2.18. The molecule has 1 aromatic carbocycles. The summed E-state index contributed by atoms with van der Waals surface area (Å²) in [6.45, 7) is 11.3. The van der Waals surface area contributed by atoms with Gasteiger partial charge in [0.2, 0.25) is 0 Å². The summed E-state index contributed by atoms with van der Waals surface area (Å²) < 4.78 is 11.3. The number of hydrogen-bond donors (Lipinski definition) is 2. The Morgan fingerprint density at radius 3 is 2.83 bits per heavy atom. The molecule has 162 valence electrons. The van der Waals surface area contributed by atoms with Crippen LogP contribution in [0.3, 0.4) is 0 Å². The van der Waals surface area contributed by atoms with Gasteiger partial charge in [-0.3, -0.25) is 0 Å². The lowest BCUT2D eigenvalue weighted by Gasteiger charge is -2.32. The summed E-state index contributed by atoms with van der Waals surface area (Å²) >= 11 is 0. The summed E-state index contributed by atoms with van der Waals surface area (Å²) in [4.78, 5) is 11.6.